The first-order valence-corrected chi connectivity index (χ1v) is 13.0. The SMILES string of the molecule is COc1ccc2c(c1)CCN1Cc3cc(OC)c(OS(=O)(=O)c4ccc(C(C)O)cc4)cc3CC21. The van der Waals surface area contributed by atoms with Gasteiger partial charge in [0.15, 0.2) is 11.5 Å². The summed E-state index contributed by atoms with van der Waals surface area (Å²) in [5.41, 5.74) is 5.37. The van der Waals surface area contributed by atoms with E-state index < -0.39 is 16.2 Å². The van der Waals surface area contributed by atoms with E-state index in [1.54, 1.807) is 32.2 Å². The molecule has 0 bridgehead atoms. The standard InChI is InChI=1S/C27H29NO6S/c1-17(29)18-4-7-23(8-5-18)35(30,31)34-27-14-20-13-25-24-9-6-22(32-2)12-19(24)10-11-28(25)16-21(20)15-26(27)33-3/h4-9,12,14-15,17,25,29H,10-11,13,16H2,1-3H3. The molecule has 2 aliphatic rings. The van der Waals surface area contributed by atoms with E-state index in [-0.39, 0.29) is 16.7 Å². The molecule has 0 saturated carbocycles. The number of hydrogen-bond donors (Lipinski definition) is 1. The van der Waals surface area contributed by atoms with Crippen molar-refractivity contribution in [1.82, 2.24) is 4.90 Å². The lowest BCUT2D eigenvalue weighted by Crippen LogP contribution is -2.39. The highest BCUT2D eigenvalue weighted by Gasteiger charge is 2.33. The van der Waals surface area contributed by atoms with Crippen LogP contribution in [0.5, 0.6) is 17.2 Å². The van der Waals surface area contributed by atoms with E-state index in [2.05, 4.69) is 17.0 Å². The maximum absolute atomic E-state index is 13.0. The zero-order chi connectivity index (χ0) is 24.7. The highest BCUT2D eigenvalue weighted by molar-refractivity contribution is 7.87. The summed E-state index contributed by atoms with van der Waals surface area (Å²) >= 11 is 0. The molecule has 0 fully saturated rings. The number of hydrogen-bond acceptors (Lipinski definition) is 7. The number of nitrogens with zero attached hydrogens (tertiary/aromatic N) is 1. The van der Waals surface area contributed by atoms with Gasteiger partial charge in [-0.3, -0.25) is 4.90 Å². The monoisotopic (exact) mass is 495 g/mol. The molecule has 3 aromatic rings. The molecule has 3 aromatic carbocycles. The van der Waals surface area contributed by atoms with Crippen LogP contribution >= 0.6 is 0 Å². The Balaban J connectivity index is 1.46. The lowest BCUT2D eigenvalue weighted by molar-refractivity contribution is 0.160. The third kappa shape index (κ3) is 4.49. The molecule has 0 aliphatic carbocycles. The number of benzene rings is 3. The van der Waals surface area contributed by atoms with Gasteiger partial charge in [0.1, 0.15) is 10.6 Å². The van der Waals surface area contributed by atoms with Crippen LogP contribution in [0.25, 0.3) is 0 Å². The molecule has 0 saturated heterocycles. The first kappa shape index (κ1) is 23.7. The third-order valence-corrected chi connectivity index (χ3v) is 8.19. The molecule has 0 aromatic heterocycles. The van der Waals surface area contributed by atoms with Crippen molar-refractivity contribution in [3.63, 3.8) is 0 Å². The van der Waals surface area contributed by atoms with Crippen LogP contribution in [0.3, 0.4) is 0 Å². The molecule has 2 unspecified atom stereocenters. The number of aliphatic hydroxyl groups excluding tert-OH is 1. The van der Waals surface area contributed by atoms with Gasteiger partial charge in [0.05, 0.1) is 20.3 Å². The summed E-state index contributed by atoms with van der Waals surface area (Å²) in [6.07, 6.45) is 1.03. The van der Waals surface area contributed by atoms with Crippen LogP contribution < -0.4 is 13.7 Å². The van der Waals surface area contributed by atoms with Gasteiger partial charge in [0.2, 0.25) is 0 Å². The average Bonchev–Trinajstić information content (AvgIpc) is 2.86. The summed E-state index contributed by atoms with van der Waals surface area (Å²) in [5.74, 6) is 1.42. The highest BCUT2D eigenvalue weighted by Crippen LogP contribution is 2.42. The topological polar surface area (TPSA) is 85.3 Å². The molecule has 2 atom stereocenters. The zero-order valence-corrected chi connectivity index (χ0v) is 20.8. The minimum Gasteiger partial charge on any atom is -0.497 e. The summed E-state index contributed by atoms with van der Waals surface area (Å²) in [6.45, 7) is 3.33. The van der Waals surface area contributed by atoms with Gasteiger partial charge in [-0.1, -0.05) is 18.2 Å². The van der Waals surface area contributed by atoms with E-state index in [4.69, 9.17) is 13.7 Å². The summed E-state index contributed by atoms with van der Waals surface area (Å²) in [5, 5.41) is 9.70. The first-order valence-electron chi connectivity index (χ1n) is 11.6. The van der Waals surface area contributed by atoms with Gasteiger partial charge in [0.25, 0.3) is 0 Å². The van der Waals surface area contributed by atoms with Crippen molar-refractivity contribution in [2.75, 3.05) is 20.8 Å². The van der Waals surface area contributed by atoms with Gasteiger partial charge in [-0.05, 0) is 84.0 Å². The second kappa shape index (κ2) is 9.18. The predicted molar refractivity (Wildman–Crippen MR) is 131 cm³/mol. The van der Waals surface area contributed by atoms with Crippen LogP contribution in [-0.2, 0) is 29.5 Å². The van der Waals surface area contributed by atoms with E-state index in [0.717, 1.165) is 42.8 Å². The van der Waals surface area contributed by atoms with Crippen molar-refractivity contribution in [3.05, 3.63) is 82.4 Å². The molecule has 0 radical (unpaired) electrons. The fraction of sp³-hybridized carbons (Fsp3) is 0.333. The minimum absolute atomic E-state index is 0.0167. The molecule has 7 nitrogen and oxygen atoms in total. The highest BCUT2D eigenvalue weighted by atomic mass is 32.2. The van der Waals surface area contributed by atoms with Crippen LogP contribution in [0.1, 0.15) is 46.9 Å². The second-order valence-electron chi connectivity index (χ2n) is 9.06. The largest absolute Gasteiger partial charge is 0.497 e. The fourth-order valence-electron chi connectivity index (χ4n) is 5.01. The Labute approximate surface area is 206 Å². The van der Waals surface area contributed by atoms with Gasteiger partial charge in [-0.25, -0.2) is 0 Å². The molecule has 1 N–H and O–H groups in total. The quantitative estimate of drug-likeness (QED) is 0.514. The summed E-state index contributed by atoms with van der Waals surface area (Å²) in [6, 6.07) is 16.2. The average molecular weight is 496 g/mol. The van der Waals surface area contributed by atoms with Gasteiger partial charge in [-0.15, -0.1) is 0 Å². The summed E-state index contributed by atoms with van der Waals surface area (Å²) < 4.78 is 42.5. The van der Waals surface area contributed by atoms with E-state index in [0.29, 0.717) is 11.3 Å². The molecule has 2 heterocycles. The lowest BCUT2D eigenvalue weighted by Gasteiger charge is -2.41. The number of methoxy groups -OCH3 is 2. The smallest absolute Gasteiger partial charge is 0.339 e. The molecule has 184 valence electrons. The molecular formula is C27H29NO6S. The van der Waals surface area contributed by atoms with Gasteiger partial charge >= 0.3 is 10.1 Å². The Bertz CT molecular complexity index is 1350. The van der Waals surface area contributed by atoms with Gasteiger partial charge in [0, 0.05) is 19.1 Å². The molecule has 35 heavy (non-hydrogen) atoms. The molecular weight excluding hydrogens is 466 g/mol. The molecule has 0 amide bonds. The lowest BCUT2D eigenvalue weighted by atomic mass is 9.84. The Morgan fingerprint density at radius 1 is 0.943 bits per heavy atom. The van der Waals surface area contributed by atoms with E-state index in [1.807, 2.05) is 12.1 Å². The van der Waals surface area contributed by atoms with Crippen molar-refractivity contribution in [3.8, 4) is 17.2 Å². The Hall–Kier alpha value is -3.07. The summed E-state index contributed by atoms with van der Waals surface area (Å²) in [4.78, 5) is 2.47. The molecule has 5 rings (SSSR count). The van der Waals surface area contributed by atoms with Gasteiger partial charge < -0.3 is 18.8 Å². The van der Waals surface area contributed by atoms with Crippen LogP contribution in [-0.4, -0.2) is 39.2 Å². The van der Waals surface area contributed by atoms with Crippen molar-refractivity contribution < 1.29 is 27.2 Å². The predicted octanol–water partition coefficient (Wildman–Crippen LogP) is 4.18. The molecule has 2 aliphatic heterocycles. The van der Waals surface area contributed by atoms with Crippen molar-refractivity contribution in [1.29, 1.82) is 0 Å². The maximum atomic E-state index is 13.0. The minimum atomic E-state index is -4.08. The normalized spacial score (nSPS) is 18.1. The van der Waals surface area contributed by atoms with Crippen LogP contribution in [0.2, 0.25) is 0 Å². The van der Waals surface area contributed by atoms with Crippen molar-refractivity contribution in [2.24, 2.45) is 0 Å². The number of fused-ring (bicyclic) bond motifs is 4. The number of rotatable bonds is 6. The first-order chi connectivity index (χ1) is 16.8. The maximum Gasteiger partial charge on any atom is 0.339 e. The van der Waals surface area contributed by atoms with Gasteiger partial charge in [-0.2, -0.15) is 8.42 Å². The van der Waals surface area contributed by atoms with Crippen molar-refractivity contribution >= 4 is 10.1 Å². The Kier molecular flexibility index (Phi) is 6.21. The summed E-state index contributed by atoms with van der Waals surface area (Å²) in [7, 11) is -0.893. The van der Waals surface area contributed by atoms with E-state index in [9.17, 15) is 13.5 Å². The second-order valence-corrected chi connectivity index (χ2v) is 10.6. The Morgan fingerprint density at radius 3 is 2.37 bits per heavy atom. The van der Waals surface area contributed by atoms with Crippen LogP contribution in [0.15, 0.2) is 59.5 Å². The zero-order valence-electron chi connectivity index (χ0n) is 20.0. The van der Waals surface area contributed by atoms with E-state index in [1.165, 1.54) is 30.4 Å². The number of aliphatic hydroxyl groups is 1. The molecule has 0 spiro atoms. The van der Waals surface area contributed by atoms with E-state index >= 15 is 0 Å². The van der Waals surface area contributed by atoms with Crippen LogP contribution in [0, 0.1) is 0 Å². The van der Waals surface area contributed by atoms with Crippen LogP contribution in [0.4, 0.5) is 0 Å². The number of ether oxygens (including phenoxy) is 2. The van der Waals surface area contributed by atoms with Crippen molar-refractivity contribution in [2.45, 2.75) is 43.4 Å². The fourth-order valence-corrected chi connectivity index (χ4v) is 5.94. The third-order valence-electron chi connectivity index (χ3n) is 6.94. The molecule has 8 heteroatoms. The Morgan fingerprint density at radius 2 is 1.69 bits per heavy atom.